The van der Waals surface area contributed by atoms with Crippen LogP contribution < -0.4 is 4.74 Å². The van der Waals surface area contributed by atoms with Crippen LogP contribution in [0.2, 0.25) is 0 Å². The Labute approximate surface area is 170 Å². The highest BCUT2D eigenvalue weighted by Crippen LogP contribution is 2.23. The number of imidazole rings is 1. The van der Waals surface area contributed by atoms with E-state index in [1.165, 1.54) is 5.56 Å². The molecule has 0 saturated heterocycles. The molecule has 0 spiro atoms. The monoisotopic (exact) mass is 379 g/mol. The third-order valence-electron chi connectivity index (χ3n) is 4.87. The SMILES string of the molecule is Cc1ccc(COc2ccc(/C=C(\C#N)c3nc4ccccc4n3C)cc2)cc1. The van der Waals surface area contributed by atoms with E-state index < -0.39 is 0 Å². The van der Waals surface area contributed by atoms with Crippen LogP contribution in [0.3, 0.4) is 0 Å². The van der Waals surface area contributed by atoms with Crippen LogP contribution in [0, 0.1) is 18.3 Å². The van der Waals surface area contributed by atoms with Gasteiger partial charge in [0.2, 0.25) is 0 Å². The number of benzene rings is 3. The largest absolute Gasteiger partial charge is 0.489 e. The summed E-state index contributed by atoms with van der Waals surface area (Å²) in [5.74, 6) is 1.46. The summed E-state index contributed by atoms with van der Waals surface area (Å²) in [5.41, 5.74) is 5.70. The van der Waals surface area contributed by atoms with Crippen molar-refractivity contribution in [2.45, 2.75) is 13.5 Å². The standard InChI is InChI=1S/C25H21N3O/c1-18-7-9-20(10-8-18)17-29-22-13-11-19(12-14-22)15-21(16-26)25-27-23-5-3-4-6-24(23)28(25)2/h3-15H,17H2,1-2H3/b21-15+. The Balaban J connectivity index is 1.52. The molecule has 0 saturated carbocycles. The number of fused-ring (bicyclic) bond motifs is 1. The van der Waals surface area contributed by atoms with Gasteiger partial charge in [0, 0.05) is 7.05 Å². The fraction of sp³-hybridized carbons (Fsp3) is 0.120. The lowest BCUT2D eigenvalue weighted by molar-refractivity contribution is 0.306. The molecule has 1 aromatic heterocycles. The zero-order chi connectivity index (χ0) is 20.2. The molecule has 0 aliphatic carbocycles. The molecule has 0 amide bonds. The number of nitrogens with zero attached hydrogens (tertiary/aromatic N) is 3. The van der Waals surface area contributed by atoms with Gasteiger partial charge in [0.25, 0.3) is 0 Å². The Morgan fingerprint density at radius 2 is 1.76 bits per heavy atom. The van der Waals surface area contributed by atoms with Crippen molar-refractivity contribution >= 4 is 22.7 Å². The van der Waals surface area contributed by atoms with Gasteiger partial charge in [-0.2, -0.15) is 5.26 Å². The van der Waals surface area contributed by atoms with E-state index >= 15 is 0 Å². The smallest absolute Gasteiger partial charge is 0.151 e. The van der Waals surface area contributed by atoms with E-state index in [0.717, 1.165) is 27.9 Å². The van der Waals surface area contributed by atoms with Gasteiger partial charge >= 0.3 is 0 Å². The van der Waals surface area contributed by atoms with E-state index in [1.807, 2.05) is 66.2 Å². The number of ether oxygens (including phenoxy) is 1. The molecule has 0 aliphatic rings. The Bertz CT molecular complexity index is 1210. The van der Waals surface area contributed by atoms with Crippen molar-refractivity contribution in [2.24, 2.45) is 7.05 Å². The summed E-state index contributed by atoms with van der Waals surface area (Å²) < 4.78 is 7.81. The molecule has 142 valence electrons. The summed E-state index contributed by atoms with van der Waals surface area (Å²) >= 11 is 0. The summed E-state index contributed by atoms with van der Waals surface area (Å²) in [5, 5.41) is 9.68. The highest BCUT2D eigenvalue weighted by Gasteiger charge is 2.11. The number of aromatic nitrogens is 2. The van der Waals surface area contributed by atoms with Crippen molar-refractivity contribution in [1.82, 2.24) is 9.55 Å². The van der Waals surface area contributed by atoms with Gasteiger partial charge in [-0.3, -0.25) is 0 Å². The Hall–Kier alpha value is -3.84. The molecule has 4 rings (SSSR count). The van der Waals surface area contributed by atoms with Crippen molar-refractivity contribution in [1.29, 1.82) is 5.26 Å². The van der Waals surface area contributed by atoms with Crippen LogP contribution in [0.15, 0.2) is 72.8 Å². The first-order chi connectivity index (χ1) is 14.1. The quantitative estimate of drug-likeness (QED) is 0.429. The van der Waals surface area contributed by atoms with Gasteiger partial charge in [0.05, 0.1) is 16.6 Å². The number of nitriles is 1. The van der Waals surface area contributed by atoms with E-state index in [4.69, 9.17) is 4.74 Å². The highest BCUT2D eigenvalue weighted by atomic mass is 16.5. The maximum atomic E-state index is 9.68. The van der Waals surface area contributed by atoms with Crippen molar-refractivity contribution in [3.05, 3.63) is 95.3 Å². The molecule has 0 radical (unpaired) electrons. The number of hydrogen-bond acceptors (Lipinski definition) is 3. The minimum absolute atomic E-state index is 0.525. The van der Waals surface area contributed by atoms with Crippen LogP contribution in [-0.4, -0.2) is 9.55 Å². The molecular formula is C25H21N3O. The van der Waals surface area contributed by atoms with Crippen molar-refractivity contribution < 1.29 is 4.74 Å². The predicted molar refractivity (Wildman–Crippen MR) is 116 cm³/mol. The maximum Gasteiger partial charge on any atom is 0.151 e. The van der Waals surface area contributed by atoms with Gasteiger partial charge in [-0.05, 0) is 48.4 Å². The predicted octanol–water partition coefficient (Wildman–Crippen LogP) is 5.52. The lowest BCUT2D eigenvalue weighted by atomic mass is 10.1. The van der Waals surface area contributed by atoms with Crippen molar-refractivity contribution in [3.63, 3.8) is 0 Å². The second kappa shape index (κ2) is 8.04. The van der Waals surface area contributed by atoms with Crippen molar-refractivity contribution in [2.75, 3.05) is 0 Å². The molecule has 0 atom stereocenters. The van der Waals surface area contributed by atoms with E-state index in [2.05, 4.69) is 42.2 Å². The van der Waals surface area contributed by atoms with Gasteiger partial charge in [-0.15, -0.1) is 0 Å². The number of rotatable bonds is 5. The fourth-order valence-electron chi connectivity index (χ4n) is 3.21. The summed E-state index contributed by atoms with van der Waals surface area (Å²) in [6.07, 6.45) is 1.85. The highest BCUT2D eigenvalue weighted by molar-refractivity contribution is 5.90. The van der Waals surface area contributed by atoms with Gasteiger partial charge in [0.1, 0.15) is 18.4 Å². The molecule has 0 fully saturated rings. The first-order valence-corrected chi connectivity index (χ1v) is 9.46. The molecular weight excluding hydrogens is 358 g/mol. The Kier molecular flexibility index (Phi) is 5.13. The number of aryl methyl sites for hydroxylation is 2. The topological polar surface area (TPSA) is 50.8 Å². The first-order valence-electron chi connectivity index (χ1n) is 9.46. The third-order valence-corrected chi connectivity index (χ3v) is 4.87. The average molecular weight is 379 g/mol. The lowest BCUT2D eigenvalue weighted by Crippen LogP contribution is -1.96. The number of allylic oxidation sites excluding steroid dienone is 1. The second-order valence-electron chi connectivity index (χ2n) is 7.00. The fourth-order valence-corrected chi connectivity index (χ4v) is 3.21. The normalized spacial score (nSPS) is 11.4. The number of hydrogen-bond donors (Lipinski definition) is 0. The van der Waals surface area contributed by atoms with Gasteiger partial charge in [-0.1, -0.05) is 54.1 Å². The summed E-state index contributed by atoms with van der Waals surface area (Å²) in [4.78, 5) is 4.61. The van der Waals surface area contributed by atoms with E-state index in [0.29, 0.717) is 18.0 Å². The van der Waals surface area contributed by atoms with Gasteiger partial charge in [-0.25, -0.2) is 4.98 Å². The van der Waals surface area contributed by atoms with Crippen LogP contribution in [0.5, 0.6) is 5.75 Å². The summed E-state index contributed by atoms with van der Waals surface area (Å²) in [6.45, 7) is 2.60. The molecule has 29 heavy (non-hydrogen) atoms. The molecule has 0 bridgehead atoms. The van der Waals surface area contributed by atoms with Crippen LogP contribution in [-0.2, 0) is 13.7 Å². The molecule has 0 aliphatic heterocycles. The van der Waals surface area contributed by atoms with Gasteiger partial charge < -0.3 is 9.30 Å². The lowest BCUT2D eigenvalue weighted by Gasteiger charge is -2.07. The molecule has 3 aromatic carbocycles. The van der Waals surface area contributed by atoms with E-state index in [9.17, 15) is 5.26 Å². The minimum Gasteiger partial charge on any atom is -0.489 e. The summed E-state index contributed by atoms with van der Waals surface area (Å²) in [6, 6.07) is 26.2. The summed E-state index contributed by atoms with van der Waals surface area (Å²) in [7, 11) is 1.93. The van der Waals surface area contributed by atoms with E-state index in [-0.39, 0.29) is 0 Å². The molecule has 4 nitrogen and oxygen atoms in total. The first kappa shape index (κ1) is 18.5. The van der Waals surface area contributed by atoms with E-state index in [1.54, 1.807) is 0 Å². The van der Waals surface area contributed by atoms with Crippen LogP contribution in [0.1, 0.15) is 22.5 Å². The third kappa shape index (κ3) is 4.04. The number of para-hydroxylation sites is 2. The zero-order valence-electron chi connectivity index (χ0n) is 16.5. The van der Waals surface area contributed by atoms with Crippen molar-refractivity contribution in [3.8, 4) is 11.8 Å². The molecule has 1 heterocycles. The molecule has 4 heteroatoms. The average Bonchev–Trinajstić information content (AvgIpc) is 3.09. The van der Waals surface area contributed by atoms with Gasteiger partial charge in [0.15, 0.2) is 5.82 Å². The Morgan fingerprint density at radius 1 is 1.03 bits per heavy atom. The Morgan fingerprint density at radius 3 is 2.45 bits per heavy atom. The molecule has 4 aromatic rings. The van der Waals surface area contributed by atoms with Crippen LogP contribution in [0.25, 0.3) is 22.7 Å². The van der Waals surface area contributed by atoms with Crippen LogP contribution >= 0.6 is 0 Å². The second-order valence-corrected chi connectivity index (χ2v) is 7.00. The minimum atomic E-state index is 0.525. The maximum absolute atomic E-state index is 9.68. The zero-order valence-corrected chi connectivity index (χ0v) is 16.5. The van der Waals surface area contributed by atoms with Crippen LogP contribution in [0.4, 0.5) is 0 Å². The molecule has 0 N–H and O–H groups in total. The molecule has 0 unspecified atom stereocenters.